The first-order chi connectivity index (χ1) is 10.1. The number of carbonyl (C=O) groups is 2. The molecule has 0 N–H and O–H groups in total. The molecule has 0 radical (unpaired) electrons. The first-order valence-corrected chi connectivity index (χ1v) is 7.15. The molecule has 0 unspecified atom stereocenters. The van der Waals surface area contributed by atoms with E-state index in [0.29, 0.717) is 6.61 Å². The lowest BCUT2D eigenvalue weighted by Gasteiger charge is -2.60. The fraction of sp³-hybridized carbons (Fsp3) is 0.412. The highest BCUT2D eigenvalue weighted by atomic mass is 16.5. The van der Waals surface area contributed by atoms with Gasteiger partial charge >= 0.3 is 0 Å². The van der Waals surface area contributed by atoms with Crippen LogP contribution in [0.15, 0.2) is 36.1 Å². The number of fused-ring (bicyclic) bond motifs is 6. The van der Waals surface area contributed by atoms with Crippen molar-refractivity contribution in [1.29, 1.82) is 0 Å². The molecule has 3 aliphatic rings. The summed E-state index contributed by atoms with van der Waals surface area (Å²) < 4.78 is 10.9. The molecule has 4 nitrogen and oxygen atoms in total. The van der Waals surface area contributed by atoms with Crippen molar-refractivity contribution in [1.82, 2.24) is 0 Å². The Hall–Kier alpha value is -2.10. The summed E-state index contributed by atoms with van der Waals surface area (Å²) in [6.45, 7) is 2.39. The molecule has 1 aromatic carbocycles. The van der Waals surface area contributed by atoms with Crippen LogP contribution in [0.3, 0.4) is 0 Å². The first-order valence-electron chi connectivity index (χ1n) is 7.15. The van der Waals surface area contributed by atoms with E-state index in [-0.39, 0.29) is 35.1 Å². The number of ketones is 2. The summed E-state index contributed by atoms with van der Waals surface area (Å²) in [6.07, 6.45) is 1.35. The zero-order chi connectivity index (χ0) is 14.8. The maximum Gasteiger partial charge on any atom is 0.204 e. The van der Waals surface area contributed by atoms with Crippen LogP contribution in [-0.4, -0.2) is 25.3 Å². The molecule has 4 heteroatoms. The molecule has 0 aromatic heterocycles. The Morgan fingerprint density at radius 2 is 2.00 bits per heavy atom. The van der Waals surface area contributed by atoms with Gasteiger partial charge < -0.3 is 9.47 Å². The van der Waals surface area contributed by atoms with Crippen LogP contribution in [0.5, 0.6) is 5.75 Å². The Bertz CT molecular complexity index is 690. The Labute approximate surface area is 122 Å². The number of hydrogen-bond donors (Lipinski definition) is 0. The van der Waals surface area contributed by atoms with Crippen molar-refractivity contribution < 1.29 is 19.1 Å². The molecule has 1 heterocycles. The van der Waals surface area contributed by atoms with E-state index in [9.17, 15) is 9.59 Å². The molecule has 4 rings (SSSR count). The molecule has 2 aliphatic carbocycles. The SMILES string of the molecule is COC1=CC(=O)[C@@H]2[C@H]3COc4ccccc4[C@H]3[C@]2(C)C1=O. The van der Waals surface area contributed by atoms with Crippen LogP contribution in [0, 0.1) is 17.3 Å². The molecule has 1 aromatic rings. The third kappa shape index (κ3) is 1.35. The number of hydrogen-bond acceptors (Lipinski definition) is 4. The third-order valence-electron chi connectivity index (χ3n) is 5.35. The number of allylic oxidation sites excluding steroid dienone is 2. The number of benzene rings is 1. The zero-order valence-electron chi connectivity index (χ0n) is 12.0. The van der Waals surface area contributed by atoms with E-state index in [2.05, 4.69) is 0 Å². The van der Waals surface area contributed by atoms with Crippen molar-refractivity contribution in [2.24, 2.45) is 17.3 Å². The van der Waals surface area contributed by atoms with Gasteiger partial charge in [-0.15, -0.1) is 0 Å². The molecular formula is C17H16O4. The Morgan fingerprint density at radius 1 is 1.24 bits per heavy atom. The highest BCUT2D eigenvalue weighted by molar-refractivity contribution is 6.13. The van der Waals surface area contributed by atoms with Gasteiger partial charge in [0.25, 0.3) is 0 Å². The average Bonchev–Trinajstić information content (AvgIpc) is 2.48. The van der Waals surface area contributed by atoms with E-state index in [4.69, 9.17) is 9.47 Å². The van der Waals surface area contributed by atoms with Crippen LogP contribution < -0.4 is 4.74 Å². The zero-order valence-corrected chi connectivity index (χ0v) is 12.0. The Morgan fingerprint density at radius 3 is 2.76 bits per heavy atom. The van der Waals surface area contributed by atoms with Gasteiger partial charge in [-0.2, -0.15) is 0 Å². The van der Waals surface area contributed by atoms with Crippen LogP contribution in [0.1, 0.15) is 18.4 Å². The lowest BCUT2D eigenvalue weighted by atomic mass is 9.41. The van der Waals surface area contributed by atoms with Crippen molar-refractivity contribution in [2.75, 3.05) is 13.7 Å². The molecule has 0 saturated heterocycles. The predicted octanol–water partition coefficient (Wildman–Crippen LogP) is 2.10. The summed E-state index contributed by atoms with van der Waals surface area (Å²) >= 11 is 0. The fourth-order valence-corrected chi connectivity index (χ4v) is 4.45. The molecule has 108 valence electrons. The highest BCUT2D eigenvalue weighted by Crippen LogP contribution is 2.66. The van der Waals surface area contributed by atoms with Gasteiger partial charge in [0.1, 0.15) is 5.75 Å². The van der Waals surface area contributed by atoms with Crippen LogP contribution in [0.25, 0.3) is 0 Å². The van der Waals surface area contributed by atoms with E-state index in [1.165, 1.54) is 13.2 Å². The largest absolute Gasteiger partial charge is 0.493 e. The van der Waals surface area contributed by atoms with Gasteiger partial charge in [0.05, 0.1) is 19.1 Å². The van der Waals surface area contributed by atoms with E-state index in [1.54, 1.807) is 0 Å². The second kappa shape index (κ2) is 3.97. The maximum absolute atomic E-state index is 12.8. The Balaban J connectivity index is 1.86. The van der Waals surface area contributed by atoms with Crippen molar-refractivity contribution >= 4 is 11.6 Å². The van der Waals surface area contributed by atoms with Gasteiger partial charge in [0.15, 0.2) is 11.5 Å². The minimum absolute atomic E-state index is 0.0156. The van der Waals surface area contributed by atoms with Gasteiger partial charge in [0, 0.05) is 23.8 Å². The number of para-hydroxylation sites is 1. The van der Waals surface area contributed by atoms with Crippen LogP contribution in [0.2, 0.25) is 0 Å². The number of rotatable bonds is 1. The smallest absolute Gasteiger partial charge is 0.204 e. The van der Waals surface area contributed by atoms with Gasteiger partial charge in [-0.05, 0) is 11.6 Å². The molecule has 0 amide bonds. The predicted molar refractivity (Wildman–Crippen MR) is 74.9 cm³/mol. The molecular weight excluding hydrogens is 268 g/mol. The van der Waals surface area contributed by atoms with E-state index in [1.807, 2.05) is 31.2 Å². The summed E-state index contributed by atoms with van der Waals surface area (Å²) in [5, 5.41) is 0. The van der Waals surface area contributed by atoms with E-state index in [0.717, 1.165) is 11.3 Å². The quantitative estimate of drug-likeness (QED) is 0.792. The summed E-state index contributed by atoms with van der Waals surface area (Å²) in [5.74, 6) is 0.750. The number of carbonyl (C=O) groups excluding carboxylic acids is 2. The second-order valence-electron chi connectivity index (χ2n) is 6.19. The molecule has 0 bridgehead atoms. The maximum atomic E-state index is 12.8. The van der Waals surface area contributed by atoms with Crippen molar-refractivity contribution in [2.45, 2.75) is 12.8 Å². The van der Waals surface area contributed by atoms with Gasteiger partial charge in [-0.1, -0.05) is 25.1 Å². The topological polar surface area (TPSA) is 52.6 Å². The average molecular weight is 284 g/mol. The summed E-state index contributed by atoms with van der Waals surface area (Å²) in [5.41, 5.74) is 0.327. The molecule has 1 aliphatic heterocycles. The van der Waals surface area contributed by atoms with Gasteiger partial charge in [-0.3, -0.25) is 9.59 Å². The minimum atomic E-state index is -0.707. The summed E-state index contributed by atoms with van der Waals surface area (Å²) in [4.78, 5) is 25.1. The lowest BCUT2D eigenvalue weighted by Crippen LogP contribution is -2.65. The first kappa shape index (κ1) is 12.6. The molecule has 0 spiro atoms. The minimum Gasteiger partial charge on any atom is -0.493 e. The highest BCUT2D eigenvalue weighted by Gasteiger charge is 2.69. The van der Waals surface area contributed by atoms with Crippen molar-refractivity contribution in [3.05, 3.63) is 41.7 Å². The fourth-order valence-electron chi connectivity index (χ4n) is 4.45. The number of methoxy groups -OCH3 is 1. The monoisotopic (exact) mass is 284 g/mol. The Kier molecular flexibility index (Phi) is 2.39. The van der Waals surface area contributed by atoms with Gasteiger partial charge in [0.2, 0.25) is 5.78 Å². The molecule has 21 heavy (non-hydrogen) atoms. The van der Waals surface area contributed by atoms with Crippen molar-refractivity contribution in [3.63, 3.8) is 0 Å². The lowest BCUT2D eigenvalue weighted by molar-refractivity contribution is -0.165. The van der Waals surface area contributed by atoms with E-state index < -0.39 is 5.41 Å². The summed E-state index contributed by atoms with van der Waals surface area (Å²) in [7, 11) is 1.44. The summed E-state index contributed by atoms with van der Waals surface area (Å²) in [6, 6.07) is 7.79. The van der Waals surface area contributed by atoms with Crippen molar-refractivity contribution in [3.8, 4) is 5.75 Å². The van der Waals surface area contributed by atoms with Crippen LogP contribution in [0.4, 0.5) is 0 Å². The molecule has 4 atom stereocenters. The number of Topliss-reactive ketones (excluding diaryl/α,β-unsaturated/α-hetero) is 1. The third-order valence-corrected chi connectivity index (χ3v) is 5.35. The normalized spacial score (nSPS) is 36.5. The number of ether oxygens (including phenoxy) is 2. The van der Waals surface area contributed by atoms with Crippen LogP contribution in [-0.2, 0) is 14.3 Å². The van der Waals surface area contributed by atoms with Crippen LogP contribution >= 0.6 is 0 Å². The van der Waals surface area contributed by atoms with Gasteiger partial charge in [-0.25, -0.2) is 0 Å². The second-order valence-corrected chi connectivity index (χ2v) is 6.19. The van der Waals surface area contributed by atoms with E-state index >= 15 is 0 Å². The molecule has 1 fully saturated rings. The standard InChI is InChI=1S/C17H16O4/c1-17-14-9-5-3-4-6-12(9)21-8-10(14)15(17)11(18)7-13(20-2)16(17)19/h3-7,10,14-15H,8H2,1-2H3/t10-,14+,15-,17-/m0/s1. The molecule has 1 saturated carbocycles.